The number of hydrogen-bond acceptors (Lipinski definition) is 1. The number of rotatable bonds is 2. The fourth-order valence-corrected chi connectivity index (χ4v) is 0.796. The molecule has 1 fully saturated rings. The minimum atomic E-state index is -2.41. The molecule has 0 bridgehead atoms. The van der Waals surface area contributed by atoms with E-state index >= 15 is 0 Å². The molecule has 0 aliphatic heterocycles. The Morgan fingerprint density at radius 2 is 2.00 bits per heavy atom. The van der Waals surface area contributed by atoms with Crippen LogP contribution in [0.5, 0.6) is 0 Å². The maximum atomic E-state index is 12.1. The van der Waals surface area contributed by atoms with Gasteiger partial charge in [0, 0.05) is 12.5 Å². The first-order chi connectivity index (χ1) is 4.02. The maximum Gasteiger partial charge on any atom is 0.265 e. The molecule has 9 heavy (non-hydrogen) atoms. The molecule has 1 rings (SSSR count). The van der Waals surface area contributed by atoms with Crippen molar-refractivity contribution >= 4 is 0 Å². The van der Waals surface area contributed by atoms with Crippen molar-refractivity contribution in [3.05, 3.63) is 0 Å². The molecule has 1 aliphatic rings. The molecule has 0 heterocycles. The third-order valence-corrected chi connectivity index (χ3v) is 1.36. The SMILES string of the molecule is CC(C)NC1CC1(F)F. The molecule has 1 unspecified atom stereocenters. The van der Waals surface area contributed by atoms with Crippen molar-refractivity contribution < 1.29 is 8.78 Å². The smallest absolute Gasteiger partial charge is 0.265 e. The molecule has 1 N–H and O–H groups in total. The summed E-state index contributed by atoms with van der Waals surface area (Å²) in [6.45, 7) is 3.74. The average molecular weight is 135 g/mol. The van der Waals surface area contributed by atoms with Crippen molar-refractivity contribution in [1.29, 1.82) is 0 Å². The molecule has 1 atom stereocenters. The fourth-order valence-electron chi connectivity index (χ4n) is 0.796. The summed E-state index contributed by atoms with van der Waals surface area (Å²) in [4.78, 5) is 0. The Balaban J connectivity index is 2.20. The van der Waals surface area contributed by atoms with Crippen molar-refractivity contribution in [2.24, 2.45) is 0 Å². The van der Waals surface area contributed by atoms with E-state index in [1.807, 2.05) is 13.8 Å². The van der Waals surface area contributed by atoms with E-state index in [1.54, 1.807) is 0 Å². The summed E-state index contributed by atoms with van der Waals surface area (Å²) in [6.07, 6.45) is 0.0190. The van der Waals surface area contributed by atoms with Crippen LogP contribution in [0.4, 0.5) is 8.78 Å². The number of nitrogens with one attached hydrogen (secondary N) is 1. The zero-order valence-corrected chi connectivity index (χ0v) is 5.62. The molecule has 0 saturated heterocycles. The van der Waals surface area contributed by atoms with Crippen LogP contribution in [0.15, 0.2) is 0 Å². The Labute approximate surface area is 53.4 Å². The maximum absolute atomic E-state index is 12.1. The first-order valence-corrected chi connectivity index (χ1v) is 3.16. The molecule has 54 valence electrons. The first kappa shape index (κ1) is 6.93. The van der Waals surface area contributed by atoms with Crippen molar-refractivity contribution in [3.63, 3.8) is 0 Å². The van der Waals surface area contributed by atoms with Gasteiger partial charge in [0.15, 0.2) is 0 Å². The summed E-state index contributed by atoms with van der Waals surface area (Å²) in [5.74, 6) is -2.41. The lowest BCUT2D eigenvalue weighted by molar-refractivity contribution is 0.105. The lowest BCUT2D eigenvalue weighted by Crippen LogP contribution is -2.28. The van der Waals surface area contributed by atoms with Crippen LogP contribution in [0.25, 0.3) is 0 Å². The van der Waals surface area contributed by atoms with Crippen molar-refractivity contribution in [2.75, 3.05) is 0 Å². The van der Waals surface area contributed by atoms with E-state index in [-0.39, 0.29) is 12.5 Å². The normalized spacial score (nSPS) is 31.0. The van der Waals surface area contributed by atoms with Gasteiger partial charge >= 0.3 is 0 Å². The Bertz CT molecular complexity index is 112. The molecular weight excluding hydrogens is 124 g/mol. The molecule has 0 radical (unpaired) electrons. The van der Waals surface area contributed by atoms with Gasteiger partial charge in [-0.15, -0.1) is 0 Å². The van der Waals surface area contributed by atoms with Crippen LogP contribution in [0.2, 0.25) is 0 Å². The monoisotopic (exact) mass is 135 g/mol. The first-order valence-electron chi connectivity index (χ1n) is 3.16. The largest absolute Gasteiger partial charge is 0.306 e. The molecule has 3 heteroatoms. The van der Waals surface area contributed by atoms with Crippen molar-refractivity contribution in [3.8, 4) is 0 Å². The van der Waals surface area contributed by atoms with Crippen LogP contribution in [0.3, 0.4) is 0 Å². The molecular formula is C6H11F2N. The second-order valence-corrected chi connectivity index (χ2v) is 2.84. The van der Waals surface area contributed by atoms with Crippen molar-refractivity contribution in [2.45, 2.75) is 38.3 Å². The topological polar surface area (TPSA) is 12.0 Å². The zero-order chi connectivity index (χ0) is 7.07. The summed E-state index contributed by atoms with van der Waals surface area (Å²) in [6, 6.07) is -0.374. The number of hydrogen-bond donors (Lipinski definition) is 1. The van der Waals surface area contributed by atoms with E-state index in [4.69, 9.17) is 0 Å². The second-order valence-electron chi connectivity index (χ2n) is 2.84. The van der Waals surface area contributed by atoms with E-state index in [9.17, 15) is 8.78 Å². The molecule has 0 amide bonds. The van der Waals surface area contributed by atoms with Gasteiger partial charge in [0.1, 0.15) is 0 Å². The van der Waals surface area contributed by atoms with Crippen LogP contribution < -0.4 is 5.32 Å². The van der Waals surface area contributed by atoms with Gasteiger partial charge in [0.25, 0.3) is 5.92 Å². The summed E-state index contributed by atoms with van der Waals surface area (Å²) in [5, 5.41) is 2.76. The third kappa shape index (κ3) is 1.61. The molecule has 1 nitrogen and oxygen atoms in total. The minimum Gasteiger partial charge on any atom is -0.306 e. The molecule has 0 aromatic carbocycles. The number of halogens is 2. The Morgan fingerprint density at radius 1 is 1.56 bits per heavy atom. The van der Waals surface area contributed by atoms with Gasteiger partial charge in [-0.05, 0) is 0 Å². The lowest BCUT2D eigenvalue weighted by Gasteiger charge is -2.04. The predicted octanol–water partition coefficient (Wildman–Crippen LogP) is 1.39. The molecule has 1 saturated carbocycles. The Morgan fingerprint density at radius 3 is 2.11 bits per heavy atom. The van der Waals surface area contributed by atoms with Crippen LogP contribution >= 0.6 is 0 Å². The Hall–Kier alpha value is -0.180. The van der Waals surface area contributed by atoms with E-state index in [1.165, 1.54) is 0 Å². The van der Waals surface area contributed by atoms with E-state index in [2.05, 4.69) is 5.32 Å². The van der Waals surface area contributed by atoms with Gasteiger partial charge in [-0.1, -0.05) is 13.8 Å². The van der Waals surface area contributed by atoms with Gasteiger partial charge in [0.05, 0.1) is 6.04 Å². The van der Waals surface area contributed by atoms with E-state index in [0.29, 0.717) is 0 Å². The molecule has 0 aromatic rings. The van der Waals surface area contributed by atoms with Gasteiger partial charge in [-0.2, -0.15) is 0 Å². The highest BCUT2D eigenvalue weighted by Crippen LogP contribution is 2.41. The minimum absolute atomic E-state index is 0.0190. The van der Waals surface area contributed by atoms with Crippen molar-refractivity contribution in [1.82, 2.24) is 5.32 Å². The Kier molecular flexibility index (Phi) is 1.47. The highest BCUT2D eigenvalue weighted by molar-refractivity contribution is 5.02. The quantitative estimate of drug-likeness (QED) is 0.603. The van der Waals surface area contributed by atoms with Gasteiger partial charge < -0.3 is 5.32 Å². The van der Waals surface area contributed by atoms with Gasteiger partial charge in [0.2, 0.25) is 0 Å². The molecule has 1 aliphatic carbocycles. The zero-order valence-electron chi connectivity index (χ0n) is 5.62. The van der Waals surface area contributed by atoms with Gasteiger partial charge in [-0.25, -0.2) is 8.78 Å². The summed E-state index contributed by atoms with van der Waals surface area (Å²) in [5.41, 5.74) is 0. The van der Waals surface area contributed by atoms with E-state index < -0.39 is 12.0 Å². The van der Waals surface area contributed by atoms with Crippen LogP contribution in [0, 0.1) is 0 Å². The van der Waals surface area contributed by atoms with Gasteiger partial charge in [-0.3, -0.25) is 0 Å². The second kappa shape index (κ2) is 1.90. The summed E-state index contributed by atoms with van der Waals surface area (Å²) in [7, 11) is 0. The predicted molar refractivity (Wildman–Crippen MR) is 31.6 cm³/mol. The highest BCUT2D eigenvalue weighted by Gasteiger charge is 2.56. The lowest BCUT2D eigenvalue weighted by atomic mass is 10.4. The number of alkyl halides is 2. The van der Waals surface area contributed by atoms with Crippen LogP contribution in [-0.2, 0) is 0 Å². The van der Waals surface area contributed by atoms with E-state index in [0.717, 1.165) is 0 Å². The highest BCUT2D eigenvalue weighted by atomic mass is 19.3. The third-order valence-electron chi connectivity index (χ3n) is 1.36. The van der Waals surface area contributed by atoms with Crippen LogP contribution in [-0.4, -0.2) is 18.0 Å². The standard InChI is InChI=1S/C6H11F2N/c1-4(2)9-5-3-6(5,7)8/h4-5,9H,3H2,1-2H3. The van der Waals surface area contributed by atoms with Crippen LogP contribution in [0.1, 0.15) is 20.3 Å². The average Bonchev–Trinajstić information content (AvgIpc) is 2.10. The summed E-state index contributed by atoms with van der Waals surface area (Å²) < 4.78 is 24.2. The fraction of sp³-hybridized carbons (Fsp3) is 1.00. The molecule has 0 spiro atoms. The summed E-state index contributed by atoms with van der Waals surface area (Å²) >= 11 is 0. The molecule has 0 aromatic heterocycles.